The van der Waals surface area contributed by atoms with E-state index in [2.05, 4.69) is 33.0 Å². The normalized spacial score (nSPS) is 31.4. The number of hydrogen-bond donors (Lipinski definition) is 2. The second-order valence-electron chi connectivity index (χ2n) is 17.3. The molecule has 2 heterocycles. The molecule has 0 radical (unpaired) electrons. The molecular weight excluding hydrogens is 726 g/mol. The lowest BCUT2D eigenvalue weighted by Crippen LogP contribution is -2.63. The Bertz CT molecular complexity index is 1670. The van der Waals surface area contributed by atoms with E-state index in [0.29, 0.717) is 36.6 Å². The summed E-state index contributed by atoms with van der Waals surface area (Å²) in [6.07, 6.45) is 3.92. The number of fused-ring (bicyclic) bond motifs is 5. The lowest BCUT2D eigenvalue weighted by molar-refractivity contribution is -0.163. The van der Waals surface area contributed by atoms with Crippen LogP contribution in [0.3, 0.4) is 0 Å². The monoisotopic (exact) mass is 787 g/mol. The molecule has 0 spiro atoms. The van der Waals surface area contributed by atoms with Crippen molar-refractivity contribution in [2.24, 2.45) is 28.6 Å². The molecule has 9 atom stereocenters. The Balaban J connectivity index is 1.71. The van der Waals surface area contributed by atoms with Crippen LogP contribution < -0.4 is 15.0 Å². The van der Waals surface area contributed by atoms with Gasteiger partial charge in [-0.15, -0.1) is 0 Å². The van der Waals surface area contributed by atoms with Gasteiger partial charge in [0, 0.05) is 39.5 Å². The van der Waals surface area contributed by atoms with Gasteiger partial charge in [-0.2, -0.15) is 0 Å². The van der Waals surface area contributed by atoms with Crippen molar-refractivity contribution in [3.8, 4) is 5.75 Å². The smallest absolute Gasteiger partial charge is 0.409 e. The zero-order chi connectivity index (χ0) is 41.2. The van der Waals surface area contributed by atoms with E-state index in [1.165, 1.54) is 24.0 Å². The number of carbonyl (C=O) groups is 4. The van der Waals surface area contributed by atoms with Gasteiger partial charge >= 0.3 is 12.1 Å². The van der Waals surface area contributed by atoms with Crippen LogP contribution in [0.2, 0.25) is 5.02 Å². The molecule has 1 aliphatic carbocycles. The first kappa shape index (κ1) is 44.1. The molecule has 1 saturated heterocycles. The molecule has 1 aromatic rings. The first-order chi connectivity index (χ1) is 25.6. The second-order valence-corrected chi connectivity index (χ2v) is 17.7. The molecule has 306 valence electrons. The van der Waals surface area contributed by atoms with Gasteiger partial charge in [-0.05, 0) is 74.0 Å². The Hall–Kier alpha value is -3.61. The first-order valence-corrected chi connectivity index (χ1v) is 19.6. The molecule has 13 heteroatoms. The highest BCUT2D eigenvalue weighted by molar-refractivity contribution is 6.35. The van der Waals surface area contributed by atoms with E-state index >= 15 is 0 Å². The van der Waals surface area contributed by atoms with E-state index in [4.69, 9.17) is 30.5 Å². The van der Waals surface area contributed by atoms with E-state index in [1.54, 1.807) is 33.2 Å². The highest BCUT2D eigenvalue weighted by Crippen LogP contribution is 2.61. The number of hydrogen-bond acceptors (Lipinski definition) is 9. The predicted octanol–water partition coefficient (Wildman–Crippen LogP) is 6.85. The van der Waals surface area contributed by atoms with Crippen molar-refractivity contribution in [3.63, 3.8) is 0 Å². The summed E-state index contributed by atoms with van der Waals surface area (Å²) in [6.45, 7) is 16.0. The Kier molecular flexibility index (Phi) is 13.8. The lowest BCUT2D eigenvalue weighted by atomic mass is 9.79. The molecule has 2 fully saturated rings. The van der Waals surface area contributed by atoms with E-state index in [0.717, 1.165) is 11.1 Å². The van der Waals surface area contributed by atoms with Gasteiger partial charge in [-0.25, -0.2) is 9.59 Å². The van der Waals surface area contributed by atoms with Crippen molar-refractivity contribution in [3.05, 3.63) is 46.5 Å². The Morgan fingerprint density at radius 1 is 1.18 bits per heavy atom. The third-order valence-corrected chi connectivity index (χ3v) is 12.9. The number of amides is 3. The molecule has 2 N–H and O–H groups in total. The van der Waals surface area contributed by atoms with Gasteiger partial charge in [-0.3, -0.25) is 14.9 Å². The third-order valence-electron chi connectivity index (χ3n) is 12.5. The van der Waals surface area contributed by atoms with Crippen LogP contribution in [0, 0.1) is 28.6 Å². The number of aliphatic hydroxyl groups is 1. The van der Waals surface area contributed by atoms with Crippen molar-refractivity contribution in [1.82, 2.24) is 10.2 Å². The molecule has 2 aliphatic heterocycles. The maximum Gasteiger partial charge on any atom is 0.409 e. The van der Waals surface area contributed by atoms with Crippen molar-refractivity contribution < 1.29 is 43.2 Å². The quantitative estimate of drug-likeness (QED) is 0.271. The molecule has 55 heavy (non-hydrogen) atoms. The predicted molar refractivity (Wildman–Crippen MR) is 212 cm³/mol. The number of halogens is 1. The topological polar surface area (TPSA) is 144 Å². The van der Waals surface area contributed by atoms with Gasteiger partial charge in [0.25, 0.3) is 0 Å². The number of nitrogens with one attached hydrogen (secondary N) is 1. The van der Waals surface area contributed by atoms with E-state index in [9.17, 15) is 24.3 Å². The summed E-state index contributed by atoms with van der Waals surface area (Å²) >= 11 is 6.80. The maximum absolute atomic E-state index is 14.2. The van der Waals surface area contributed by atoms with Crippen molar-refractivity contribution in [2.45, 2.75) is 124 Å². The molecular formula is C42H62ClN3O9. The molecule has 1 saturated carbocycles. The Morgan fingerprint density at radius 2 is 1.85 bits per heavy atom. The molecule has 3 aliphatic rings. The average Bonchev–Trinajstić information content (AvgIpc) is 3.81. The van der Waals surface area contributed by atoms with E-state index in [-0.39, 0.29) is 53.4 Å². The van der Waals surface area contributed by atoms with Crippen LogP contribution in [0.1, 0.15) is 93.1 Å². The van der Waals surface area contributed by atoms with Crippen LogP contribution in [0.25, 0.3) is 0 Å². The number of methoxy groups -OCH3 is 2. The maximum atomic E-state index is 14.2. The Morgan fingerprint density at radius 3 is 2.47 bits per heavy atom. The second kappa shape index (κ2) is 17.3. The molecule has 4 bridgehead atoms. The highest BCUT2D eigenvalue weighted by Gasteiger charge is 2.62. The number of allylic oxidation sites excluding steroid dienone is 3. The van der Waals surface area contributed by atoms with Gasteiger partial charge in [0.05, 0.1) is 19.2 Å². The number of alkyl carbamates (subject to hydrolysis) is 1. The number of carbonyl (C=O) groups excluding carboxylic acids is 4. The van der Waals surface area contributed by atoms with Crippen LogP contribution >= 0.6 is 11.6 Å². The fraction of sp³-hybridized carbons (Fsp3) is 0.667. The minimum absolute atomic E-state index is 0.0338. The zero-order valence-electron chi connectivity index (χ0n) is 34.7. The van der Waals surface area contributed by atoms with Crippen molar-refractivity contribution >= 4 is 41.2 Å². The van der Waals surface area contributed by atoms with Gasteiger partial charge in [0.15, 0.2) is 5.72 Å². The number of anilines is 1. The lowest BCUT2D eigenvalue weighted by Gasteiger charge is -2.42. The molecule has 3 amide bonds. The standard InChI is InChI=1S/C42H62ClN3O9/c1-24-14-13-15-33(53-12)42(51)23-32(54-39(50)44-42)26(3)29-22-41(29,8)34(21-36(48)46(10)30-19-28(18-24)20-31(52-11)37(30)43)55-38(49)27(4)45(9)35(47)17-16-25(2)40(5,6)7/h13-15,19-20,25-27,29,32-34,51H,16-18,21-23H2,1-12H3,(H,44,50)/b15-13+,24-14+/t25?,26-,27-,29-,32-,33+,34-,41-,42-/m0/s1. The summed E-state index contributed by atoms with van der Waals surface area (Å²) in [4.78, 5) is 57.2. The number of rotatable bonds is 8. The van der Waals surface area contributed by atoms with Crippen molar-refractivity contribution in [1.29, 1.82) is 0 Å². The van der Waals surface area contributed by atoms with Gasteiger partial charge < -0.3 is 33.9 Å². The molecule has 1 aromatic carbocycles. The van der Waals surface area contributed by atoms with Crippen LogP contribution in [0.15, 0.2) is 35.9 Å². The first-order valence-electron chi connectivity index (χ1n) is 19.2. The van der Waals surface area contributed by atoms with Gasteiger partial charge in [-0.1, -0.05) is 76.9 Å². The number of nitrogens with zero attached hydrogens (tertiary/aromatic N) is 2. The average molecular weight is 788 g/mol. The fourth-order valence-corrected chi connectivity index (χ4v) is 8.04. The van der Waals surface area contributed by atoms with Crippen LogP contribution in [-0.4, -0.2) is 92.3 Å². The van der Waals surface area contributed by atoms with Crippen LogP contribution in [-0.2, 0) is 35.0 Å². The SMILES string of the molecule is COc1cc2cc(c1Cl)N(C)C(=O)C[C@H](OC(=O)[C@H](C)N(C)C(=O)CCC(C)C(C)(C)C)[C@@]1(C)C[C@H]1[C@H](C)[C@@H]1C[C@@](O)(NC(=O)O1)[C@H](OC)/C=C/C=C(\C)C2. The number of benzene rings is 1. The minimum atomic E-state index is -1.77. The summed E-state index contributed by atoms with van der Waals surface area (Å²) in [6, 6.07) is 2.74. The van der Waals surface area contributed by atoms with Crippen molar-refractivity contribution in [2.75, 3.05) is 33.2 Å². The number of ether oxygens (including phenoxy) is 4. The number of likely N-dealkylation sites (N-methyl/N-ethyl adjacent to an activating group) is 1. The molecule has 12 nitrogen and oxygen atoms in total. The van der Waals surface area contributed by atoms with Gasteiger partial charge in [0.2, 0.25) is 11.8 Å². The van der Waals surface area contributed by atoms with E-state index in [1.807, 2.05) is 39.0 Å². The summed E-state index contributed by atoms with van der Waals surface area (Å²) < 4.78 is 23.3. The van der Waals surface area contributed by atoms with Crippen LogP contribution in [0.5, 0.6) is 5.75 Å². The zero-order valence-corrected chi connectivity index (χ0v) is 35.4. The van der Waals surface area contributed by atoms with E-state index < -0.39 is 47.6 Å². The number of esters is 1. The summed E-state index contributed by atoms with van der Waals surface area (Å²) in [7, 11) is 6.20. The largest absolute Gasteiger partial charge is 0.495 e. The Labute approximate surface area is 331 Å². The van der Waals surface area contributed by atoms with Gasteiger partial charge in [0.1, 0.15) is 35.1 Å². The highest BCUT2D eigenvalue weighted by atomic mass is 35.5. The third kappa shape index (κ3) is 10.0. The van der Waals surface area contributed by atoms with Crippen LogP contribution in [0.4, 0.5) is 10.5 Å². The molecule has 4 rings (SSSR count). The molecule has 0 aromatic heterocycles. The molecule has 1 unspecified atom stereocenters. The summed E-state index contributed by atoms with van der Waals surface area (Å²) in [5.41, 5.74) is -0.214. The minimum Gasteiger partial charge on any atom is -0.495 e. The summed E-state index contributed by atoms with van der Waals surface area (Å²) in [5.74, 6) is -0.902. The summed E-state index contributed by atoms with van der Waals surface area (Å²) in [5, 5.41) is 14.6. The fourth-order valence-electron chi connectivity index (χ4n) is 7.72.